The Morgan fingerprint density at radius 2 is 2.03 bits per heavy atom. The highest BCUT2D eigenvalue weighted by atomic mass is 35.5. The highest BCUT2D eigenvalue weighted by Gasteiger charge is 2.34. The van der Waals surface area contributed by atoms with Crippen molar-refractivity contribution >= 4 is 34.8 Å². The average molecular weight is 431 g/mol. The topological polar surface area (TPSA) is 60.3 Å². The number of ether oxygens (including phenoxy) is 1. The third-order valence-electron chi connectivity index (χ3n) is 4.82. The van der Waals surface area contributed by atoms with Crippen LogP contribution in [0.15, 0.2) is 42.7 Å². The predicted octanol–water partition coefficient (Wildman–Crippen LogP) is 5.26. The van der Waals surface area contributed by atoms with Gasteiger partial charge in [0.05, 0.1) is 28.9 Å². The molecule has 1 amide bonds. The van der Waals surface area contributed by atoms with Gasteiger partial charge < -0.3 is 9.64 Å². The van der Waals surface area contributed by atoms with Gasteiger partial charge in [0, 0.05) is 30.1 Å². The molecule has 1 aliphatic rings. The zero-order valence-electron chi connectivity index (χ0n) is 16.1. The zero-order chi connectivity index (χ0) is 20.5. The number of benzene rings is 1. The lowest BCUT2D eigenvalue weighted by Crippen LogP contribution is -2.42. The maximum Gasteiger partial charge on any atom is 0.277 e. The maximum atomic E-state index is 13.4. The molecule has 6 nitrogen and oxygen atoms in total. The fraction of sp³-hybridized carbons (Fsp3) is 0.286. The number of pyridine rings is 1. The lowest BCUT2D eigenvalue weighted by molar-refractivity contribution is 0.0954. The van der Waals surface area contributed by atoms with E-state index in [1.165, 1.54) is 0 Å². The first-order chi connectivity index (χ1) is 14.0. The van der Waals surface area contributed by atoms with Gasteiger partial charge in [0.15, 0.2) is 0 Å². The van der Waals surface area contributed by atoms with E-state index in [9.17, 15) is 4.79 Å². The molecule has 0 saturated carbocycles. The van der Waals surface area contributed by atoms with E-state index in [4.69, 9.17) is 27.9 Å². The minimum atomic E-state index is -0.137. The Labute approximate surface area is 179 Å². The summed E-state index contributed by atoms with van der Waals surface area (Å²) in [6, 6.07) is 8.90. The molecule has 1 aromatic carbocycles. The van der Waals surface area contributed by atoms with Gasteiger partial charge in [0.2, 0.25) is 5.88 Å². The van der Waals surface area contributed by atoms with E-state index in [2.05, 4.69) is 10.1 Å². The van der Waals surface area contributed by atoms with Gasteiger partial charge in [-0.2, -0.15) is 5.10 Å². The molecule has 29 heavy (non-hydrogen) atoms. The van der Waals surface area contributed by atoms with E-state index < -0.39 is 0 Å². The van der Waals surface area contributed by atoms with Crippen LogP contribution in [0.25, 0.3) is 11.1 Å². The summed E-state index contributed by atoms with van der Waals surface area (Å²) in [5.41, 5.74) is 2.82. The Hall–Kier alpha value is -2.57. The van der Waals surface area contributed by atoms with E-state index >= 15 is 0 Å². The number of hydrogen-bond acceptors (Lipinski definition) is 4. The van der Waals surface area contributed by atoms with Gasteiger partial charge in [0.25, 0.3) is 5.91 Å². The maximum absolute atomic E-state index is 13.4. The van der Waals surface area contributed by atoms with Crippen LogP contribution in [-0.2, 0) is 0 Å². The molecule has 0 bridgehead atoms. The van der Waals surface area contributed by atoms with Crippen molar-refractivity contribution in [1.29, 1.82) is 0 Å². The standard InChI is InChI=1S/C21H20Cl2N4O2/c1-3-8-29-19-9-14(6-7-24-19)16-11-25-27-13(2)12-26(21(28)20(16)27)15-4-5-17(22)18(23)10-15/h4-7,9-11,13H,3,8,12H2,1-2H3/t13-/m0/s1. The first kappa shape index (κ1) is 19.7. The van der Waals surface area contributed by atoms with E-state index in [0.29, 0.717) is 40.5 Å². The Morgan fingerprint density at radius 3 is 2.79 bits per heavy atom. The van der Waals surface area contributed by atoms with E-state index in [1.807, 2.05) is 26.0 Å². The van der Waals surface area contributed by atoms with Gasteiger partial charge in [-0.25, -0.2) is 4.98 Å². The summed E-state index contributed by atoms with van der Waals surface area (Å²) < 4.78 is 7.42. The van der Waals surface area contributed by atoms with Gasteiger partial charge in [-0.05, 0) is 43.2 Å². The second-order valence-corrected chi connectivity index (χ2v) is 7.76. The second-order valence-electron chi connectivity index (χ2n) is 6.95. The van der Waals surface area contributed by atoms with Crippen LogP contribution in [0.2, 0.25) is 10.0 Å². The van der Waals surface area contributed by atoms with Gasteiger partial charge >= 0.3 is 0 Å². The lowest BCUT2D eigenvalue weighted by Gasteiger charge is -2.32. The number of carbonyl (C=O) groups excluding carboxylic acids is 1. The number of halogens is 2. The summed E-state index contributed by atoms with van der Waals surface area (Å²) in [6.07, 6.45) is 4.29. The first-order valence-electron chi connectivity index (χ1n) is 9.43. The van der Waals surface area contributed by atoms with Crippen molar-refractivity contribution in [3.63, 3.8) is 0 Å². The monoisotopic (exact) mass is 430 g/mol. The molecule has 0 unspecified atom stereocenters. The predicted molar refractivity (Wildman–Crippen MR) is 114 cm³/mol. The zero-order valence-corrected chi connectivity index (χ0v) is 17.6. The fourth-order valence-electron chi connectivity index (χ4n) is 3.41. The minimum absolute atomic E-state index is 0.00329. The first-order valence-corrected chi connectivity index (χ1v) is 10.2. The number of amides is 1. The Kier molecular flexibility index (Phi) is 5.48. The number of fused-ring (bicyclic) bond motifs is 1. The third kappa shape index (κ3) is 3.70. The minimum Gasteiger partial charge on any atom is -0.478 e. The van der Waals surface area contributed by atoms with Crippen molar-refractivity contribution in [3.8, 4) is 17.0 Å². The summed E-state index contributed by atoms with van der Waals surface area (Å²) in [4.78, 5) is 19.4. The SMILES string of the molecule is CCCOc1cc(-c2cnn3c2C(=O)N(c2ccc(Cl)c(Cl)c2)C[C@@H]3C)ccn1. The van der Waals surface area contributed by atoms with Crippen LogP contribution in [0.5, 0.6) is 5.88 Å². The molecule has 0 spiro atoms. The quantitative estimate of drug-likeness (QED) is 0.553. The number of anilines is 1. The summed E-state index contributed by atoms with van der Waals surface area (Å²) in [6.45, 7) is 5.14. The molecule has 3 aromatic rings. The van der Waals surface area contributed by atoms with Crippen LogP contribution < -0.4 is 9.64 Å². The highest BCUT2D eigenvalue weighted by Crippen LogP contribution is 2.35. The van der Waals surface area contributed by atoms with Gasteiger partial charge in [-0.1, -0.05) is 30.1 Å². The number of rotatable bonds is 5. The molecule has 1 aliphatic heterocycles. The molecule has 4 rings (SSSR count). The van der Waals surface area contributed by atoms with Crippen molar-refractivity contribution in [2.75, 3.05) is 18.1 Å². The number of aromatic nitrogens is 3. The van der Waals surface area contributed by atoms with Crippen LogP contribution in [0.3, 0.4) is 0 Å². The average Bonchev–Trinajstić information content (AvgIpc) is 3.18. The van der Waals surface area contributed by atoms with Crippen molar-refractivity contribution in [2.24, 2.45) is 0 Å². The van der Waals surface area contributed by atoms with E-state index in [1.54, 1.807) is 40.2 Å². The molecule has 0 radical (unpaired) electrons. The summed E-state index contributed by atoms with van der Waals surface area (Å²) in [5.74, 6) is 0.392. The number of hydrogen-bond donors (Lipinski definition) is 0. The van der Waals surface area contributed by atoms with Crippen LogP contribution in [0.4, 0.5) is 5.69 Å². The molecular formula is C21H20Cl2N4O2. The van der Waals surface area contributed by atoms with E-state index in [-0.39, 0.29) is 11.9 Å². The van der Waals surface area contributed by atoms with Crippen LogP contribution >= 0.6 is 23.2 Å². The van der Waals surface area contributed by atoms with Gasteiger partial charge in [-0.3, -0.25) is 9.48 Å². The largest absolute Gasteiger partial charge is 0.478 e. The van der Waals surface area contributed by atoms with Crippen molar-refractivity contribution in [3.05, 3.63) is 58.5 Å². The van der Waals surface area contributed by atoms with E-state index in [0.717, 1.165) is 17.5 Å². The number of carbonyl (C=O) groups is 1. The second kappa shape index (κ2) is 8.05. The van der Waals surface area contributed by atoms with Crippen molar-refractivity contribution in [1.82, 2.24) is 14.8 Å². The number of nitrogens with zero attached hydrogens (tertiary/aromatic N) is 4. The normalized spacial score (nSPS) is 16.1. The third-order valence-corrected chi connectivity index (χ3v) is 5.56. The molecule has 2 aromatic heterocycles. The Balaban J connectivity index is 1.74. The fourth-order valence-corrected chi connectivity index (χ4v) is 3.70. The molecule has 0 aliphatic carbocycles. The summed E-state index contributed by atoms with van der Waals surface area (Å²) in [7, 11) is 0. The molecule has 0 fully saturated rings. The highest BCUT2D eigenvalue weighted by molar-refractivity contribution is 6.42. The van der Waals surface area contributed by atoms with Gasteiger partial charge in [0.1, 0.15) is 5.69 Å². The molecule has 8 heteroatoms. The van der Waals surface area contributed by atoms with Gasteiger partial charge in [-0.15, -0.1) is 0 Å². The molecule has 150 valence electrons. The Morgan fingerprint density at radius 1 is 1.21 bits per heavy atom. The van der Waals surface area contributed by atoms with Crippen molar-refractivity contribution < 1.29 is 9.53 Å². The van der Waals surface area contributed by atoms with Crippen molar-refractivity contribution in [2.45, 2.75) is 26.3 Å². The molecular weight excluding hydrogens is 411 g/mol. The van der Waals surface area contributed by atoms with Crippen LogP contribution in [0.1, 0.15) is 36.8 Å². The summed E-state index contributed by atoms with van der Waals surface area (Å²) in [5, 5.41) is 5.34. The summed E-state index contributed by atoms with van der Waals surface area (Å²) >= 11 is 12.2. The smallest absolute Gasteiger partial charge is 0.277 e. The molecule has 0 saturated heterocycles. The Bertz CT molecular complexity index is 1070. The molecule has 0 N–H and O–H groups in total. The van der Waals surface area contributed by atoms with Crippen LogP contribution in [-0.4, -0.2) is 33.8 Å². The molecule has 1 atom stereocenters. The molecule has 3 heterocycles. The van der Waals surface area contributed by atoms with Crippen LogP contribution in [0, 0.1) is 0 Å². The lowest BCUT2D eigenvalue weighted by atomic mass is 10.0.